The Labute approximate surface area is 177 Å². The minimum Gasteiger partial charge on any atom is -0.388 e. The van der Waals surface area contributed by atoms with Crippen molar-refractivity contribution >= 4 is 5.69 Å². The van der Waals surface area contributed by atoms with E-state index in [0.29, 0.717) is 5.92 Å². The SMILES string of the molecule is C=C1C=C(C(C)C)C(=C(/C)NCC)/C=C(C(=C)N(C)c2ccc(C)c(C)c2)\C=C/1. The first-order chi connectivity index (χ1) is 13.6. The van der Waals surface area contributed by atoms with Gasteiger partial charge in [-0.2, -0.15) is 0 Å². The molecule has 0 saturated heterocycles. The first kappa shape index (κ1) is 22.5. The lowest BCUT2D eigenvalue weighted by Gasteiger charge is -2.26. The smallest absolute Gasteiger partial charge is 0.0410 e. The van der Waals surface area contributed by atoms with Gasteiger partial charge in [0.05, 0.1) is 0 Å². The summed E-state index contributed by atoms with van der Waals surface area (Å²) in [6, 6.07) is 6.53. The highest BCUT2D eigenvalue weighted by atomic mass is 15.1. The van der Waals surface area contributed by atoms with E-state index in [1.54, 1.807) is 0 Å². The van der Waals surface area contributed by atoms with Crippen LogP contribution in [0.2, 0.25) is 0 Å². The Morgan fingerprint density at radius 3 is 2.38 bits per heavy atom. The number of nitrogens with zero attached hydrogens (tertiary/aromatic N) is 1. The van der Waals surface area contributed by atoms with Crippen LogP contribution in [0, 0.1) is 19.8 Å². The Balaban J connectivity index is 2.56. The highest BCUT2D eigenvalue weighted by Crippen LogP contribution is 2.31. The van der Waals surface area contributed by atoms with Crippen molar-refractivity contribution in [3.8, 4) is 0 Å². The monoisotopic (exact) mass is 388 g/mol. The summed E-state index contributed by atoms with van der Waals surface area (Å²) in [5.74, 6) is 0.394. The maximum Gasteiger partial charge on any atom is 0.0410 e. The molecule has 0 unspecified atom stereocenters. The molecule has 1 aliphatic carbocycles. The van der Waals surface area contributed by atoms with Crippen LogP contribution >= 0.6 is 0 Å². The summed E-state index contributed by atoms with van der Waals surface area (Å²) in [5.41, 5.74) is 10.5. The fourth-order valence-corrected chi connectivity index (χ4v) is 3.44. The standard InChI is InChI=1S/C27H36N2/c1-10-28-22(7)27-17-24(13-11-19(4)15-26(27)18(2)3)23(8)29(9)25-14-12-20(5)21(6)16-25/h11-18,28H,4,8,10H2,1-3,5-7,9H3/b13-11-,24-17+,26-15?,27-22-. The number of rotatable bonds is 6. The van der Waals surface area contributed by atoms with Crippen molar-refractivity contribution in [1.29, 1.82) is 0 Å². The van der Waals surface area contributed by atoms with E-state index in [1.807, 2.05) is 0 Å². The number of hydrogen-bond donors (Lipinski definition) is 1. The molecular weight excluding hydrogens is 352 g/mol. The van der Waals surface area contributed by atoms with Crippen molar-refractivity contribution in [2.75, 3.05) is 18.5 Å². The highest BCUT2D eigenvalue weighted by Gasteiger charge is 2.16. The number of benzene rings is 1. The van der Waals surface area contributed by atoms with Crippen LogP contribution < -0.4 is 10.2 Å². The van der Waals surface area contributed by atoms with Gasteiger partial charge in [-0.1, -0.05) is 51.3 Å². The van der Waals surface area contributed by atoms with Gasteiger partial charge in [0.2, 0.25) is 0 Å². The third-order valence-electron chi connectivity index (χ3n) is 5.51. The molecule has 154 valence electrons. The van der Waals surface area contributed by atoms with Crippen LogP contribution in [0.15, 0.2) is 89.3 Å². The molecule has 0 radical (unpaired) electrons. The van der Waals surface area contributed by atoms with Crippen LogP contribution in [0.1, 0.15) is 38.8 Å². The largest absolute Gasteiger partial charge is 0.388 e. The molecule has 0 aliphatic heterocycles. The Morgan fingerprint density at radius 2 is 1.79 bits per heavy atom. The number of likely N-dealkylation sites (N-methyl/N-ethyl adjacent to an activating group) is 1. The van der Waals surface area contributed by atoms with E-state index in [9.17, 15) is 0 Å². The van der Waals surface area contributed by atoms with Gasteiger partial charge in [0.25, 0.3) is 0 Å². The van der Waals surface area contributed by atoms with Crippen molar-refractivity contribution < 1.29 is 0 Å². The molecule has 0 spiro atoms. The summed E-state index contributed by atoms with van der Waals surface area (Å²) >= 11 is 0. The number of allylic oxidation sites excluding steroid dienone is 8. The molecular formula is C27H36N2. The summed E-state index contributed by atoms with van der Waals surface area (Å²) < 4.78 is 0. The first-order valence-corrected chi connectivity index (χ1v) is 10.4. The maximum atomic E-state index is 4.43. The number of nitrogens with one attached hydrogen (secondary N) is 1. The molecule has 2 nitrogen and oxygen atoms in total. The predicted octanol–water partition coefficient (Wildman–Crippen LogP) is 6.77. The van der Waals surface area contributed by atoms with Crippen LogP contribution in [-0.2, 0) is 0 Å². The lowest BCUT2D eigenvalue weighted by atomic mass is 9.88. The lowest BCUT2D eigenvalue weighted by molar-refractivity contribution is 0.765. The van der Waals surface area contributed by atoms with Gasteiger partial charge in [-0.15, -0.1) is 0 Å². The summed E-state index contributed by atoms with van der Waals surface area (Å²) in [7, 11) is 2.08. The highest BCUT2D eigenvalue weighted by molar-refractivity contribution is 5.63. The topological polar surface area (TPSA) is 15.3 Å². The number of hydrogen-bond acceptors (Lipinski definition) is 2. The third kappa shape index (κ3) is 5.41. The molecule has 1 aromatic rings. The molecule has 0 bridgehead atoms. The first-order valence-electron chi connectivity index (χ1n) is 10.4. The minimum absolute atomic E-state index is 0.394. The molecule has 2 rings (SSSR count). The molecule has 0 atom stereocenters. The minimum atomic E-state index is 0.394. The van der Waals surface area contributed by atoms with E-state index in [0.717, 1.165) is 29.1 Å². The fraction of sp³-hybridized carbons (Fsp3) is 0.333. The third-order valence-corrected chi connectivity index (χ3v) is 5.51. The van der Waals surface area contributed by atoms with Crippen LogP contribution in [0.25, 0.3) is 0 Å². The van der Waals surface area contributed by atoms with Gasteiger partial charge < -0.3 is 10.2 Å². The van der Waals surface area contributed by atoms with Crippen molar-refractivity contribution in [2.45, 2.75) is 41.5 Å². The predicted molar refractivity (Wildman–Crippen MR) is 129 cm³/mol. The van der Waals surface area contributed by atoms with Gasteiger partial charge in [0.1, 0.15) is 0 Å². The zero-order valence-corrected chi connectivity index (χ0v) is 19.2. The normalized spacial score (nSPS) is 19.0. The number of anilines is 1. The van der Waals surface area contributed by atoms with E-state index < -0.39 is 0 Å². The van der Waals surface area contributed by atoms with Crippen molar-refractivity contribution in [1.82, 2.24) is 5.32 Å². The molecule has 1 aliphatic rings. The Morgan fingerprint density at radius 1 is 1.10 bits per heavy atom. The van der Waals surface area contributed by atoms with Crippen molar-refractivity contribution in [3.63, 3.8) is 0 Å². The van der Waals surface area contributed by atoms with Crippen LogP contribution in [0.5, 0.6) is 0 Å². The molecule has 0 fully saturated rings. The average molecular weight is 389 g/mol. The second-order valence-corrected chi connectivity index (χ2v) is 8.11. The van der Waals surface area contributed by atoms with E-state index in [1.165, 1.54) is 28.0 Å². The van der Waals surface area contributed by atoms with E-state index in [4.69, 9.17) is 0 Å². The van der Waals surface area contributed by atoms with Gasteiger partial charge in [-0.25, -0.2) is 0 Å². The Bertz CT molecular complexity index is 920. The summed E-state index contributed by atoms with van der Waals surface area (Å²) in [6.45, 7) is 22.6. The van der Waals surface area contributed by atoms with Crippen LogP contribution in [0.4, 0.5) is 5.69 Å². The molecule has 0 heterocycles. The van der Waals surface area contributed by atoms with E-state index >= 15 is 0 Å². The molecule has 29 heavy (non-hydrogen) atoms. The Hall–Kier alpha value is -2.74. The summed E-state index contributed by atoms with van der Waals surface area (Å²) in [4.78, 5) is 2.16. The summed E-state index contributed by atoms with van der Waals surface area (Å²) in [6.07, 6.45) is 8.65. The van der Waals surface area contributed by atoms with Gasteiger partial charge in [0.15, 0.2) is 0 Å². The maximum absolute atomic E-state index is 4.43. The second-order valence-electron chi connectivity index (χ2n) is 8.11. The van der Waals surface area contributed by atoms with Gasteiger partial charge in [-0.3, -0.25) is 0 Å². The van der Waals surface area contributed by atoms with Gasteiger partial charge in [0, 0.05) is 30.7 Å². The molecule has 0 aromatic heterocycles. The van der Waals surface area contributed by atoms with Crippen molar-refractivity contribution in [3.05, 3.63) is 100 Å². The molecule has 1 N–H and O–H groups in total. The fourth-order valence-electron chi connectivity index (χ4n) is 3.44. The molecule has 0 saturated carbocycles. The van der Waals surface area contributed by atoms with Gasteiger partial charge in [-0.05, 0) is 85.2 Å². The second kappa shape index (κ2) is 9.65. The zero-order chi connectivity index (χ0) is 21.7. The quantitative estimate of drug-likeness (QED) is 0.578. The Kier molecular flexibility index (Phi) is 7.50. The summed E-state index contributed by atoms with van der Waals surface area (Å²) in [5, 5.41) is 3.49. The average Bonchev–Trinajstić information content (AvgIpc) is 2.66. The van der Waals surface area contributed by atoms with Crippen LogP contribution in [0.3, 0.4) is 0 Å². The zero-order valence-electron chi connectivity index (χ0n) is 19.2. The molecule has 1 aromatic carbocycles. The lowest BCUT2D eigenvalue weighted by Crippen LogP contribution is -2.18. The molecule has 0 amide bonds. The van der Waals surface area contributed by atoms with Gasteiger partial charge >= 0.3 is 0 Å². The van der Waals surface area contributed by atoms with E-state index in [2.05, 4.69) is 114 Å². The molecule has 2 heteroatoms. The van der Waals surface area contributed by atoms with Crippen molar-refractivity contribution in [2.24, 2.45) is 5.92 Å². The number of aryl methyl sites for hydroxylation is 2. The van der Waals surface area contributed by atoms with E-state index in [-0.39, 0.29) is 0 Å². The van der Waals surface area contributed by atoms with Crippen LogP contribution in [-0.4, -0.2) is 13.6 Å².